The van der Waals surface area contributed by atoms with Crippen molar-refractivity contribution in [1.29, 1.82) is 0 Å². The molecule has 0 heterocycles. The largest absolute Gasteiger partial charge is 0.481 e. The maximum Gasteiger partial charge on any atom is 0.312 e. The minimum atomic E-state index is -1.11. The van der Waals surface area contributed by atoms with E-state index in [2.05, 4.69) is 5.32 Å². The van der Waals surface area contributed by atoms with Gasteiger partial charge in [-0.1, -0.05) is 0 Å². The summed E-state index contributed by atoms with van der Waals surface area (Å²) in [5.41, 5.74) is 5.22. The predicted octanol–water partition coefficient (Wildman–Crippen LogP) is -0.684. The summed E-state index contributed by atoms with van der Waals surface area (Å²) in [7, 11) is 0. The summed E-state index contributed by atoms with van der Waals surface area (Å²) in [6.07, 6.45) is 1.18. The molecule has 0 bridgehead atoms. The van der Waals surface area contributed by atoms with Gasteiger partial charge in [0.2, 0.25) is 5.91 Å². The minimum Gasteiger partial charge on any atom is -0.481 e. The van der Waals surface area contributed by atoms with E-state index >= 15 is 0 Å². The van der Waals surface area contributed by atoms with Gasteiger partial charge in [0.25, 0.3) is 0 Å². The highest BCUT2D eigenvalue weighted by Gasteiger charge is 2.05. The van der Waals surface area contributed by atoms with E-state index in [1.807, 2.05) is 0 Å². The zero-order valence-electron chi connectivity index (χ0n) is 6.88. The molecule has 0 spiro atoms. The van der Waals surface area contributed by atoms with Gasteiger partial charge in [-0.15, -0.1) is 0 Å². The number of unbranched alkanes of at least 4 members (excludes halogenated alkanes) is 1. The monoisotopic (exact) mass is 174 g/mol. The molecule has 0 aliphatic carbocycles. The first kappa shape index (κ1) is 10.9. The third kappa shape index (κ3) is 7.01. The molecule has 0 aliphatic rings. The zero-order valence-corrected chi connectivity index (χ0v) is 6.88. The number of carboxylic acid groups (broad SMARTS) is 1. The van der Waals surface area contributed by atoms with Gasteiger partial charge < -0.3 is 16.2 Å². The molecule has 0 rings (SSSR count). The van der Waals surface area contributed by atoms with Crippen LogP contribution in [0.3, 0.4) is 0 Å². The van der Waals surface area contributed by atoms with Gasteiger partial charge in [0, 0.05) is 6.54 Å². The van der Waals surface area contributed by atoms with Gasteiger partial charge in [0.05, 0.1) is 0 Å². The van der Waals surface area contributed by atoms with Crippen molar-refractivity contribution in [2.45, 2.75) is 19.3 Å². The lowest BCUT2D eigenvalue weighted by atomic mass is 10.3. The van der Waals surface area contributed by atoms with Gasteiger partial charge in [-0.05, 0) is 19.4 Å². The molecule has 0 saturated carbocycles. The maximum atomic E-state index is 10.7. The maximum absolute atomic E-state index is 10.7. The van der Waals surface area contributed by atoms with Gasteiger partial charge in [0.1, 0.15) is 6.42 Å². The molecule has 1 amide bonds. The van der Waals surface area contributed by atoms with Gasteiger partial charge in [-0.2, -0.15) is 0 Å². The van der Waals surface area contributed by atoms with E-state index in [1.165, 1.54) is 0 Å². The number of nitrogens with one attached hydrogen (secondary N) is 1. The normalized spacial score (nSPS) is 9.42. The van der Waals surface area contributed by atoms with Gasteiger partial charge in [0.15, 0.2) is 0 Å². The summed E-state index contributed by atoms with van der Waals surface area (Å²) in [4.78, 5) is 20.7. The fraction of sp³-hybridized carbons (Fsp3) is 0.714. The van der Waals surface area contributed by atoms with E-state index in [0.717, 1.165) is 12.8 Å². The van der Waals surface area contributed by atoms with Gasteiger partial charge in [-0.25, -0.2) is 0 Å². The van der Waals surface area contributed by atoms with E-state index in [0.29, 0.717) is 13.1 Å². The lowest BCUT2D eigenvalue weighted by Gasteiger charge is -2.01. The standard InChI is InChI=1S/C7H14N2O3/c8-3-1-2-4-9-6(10)5-7(11)12/h1-5,8H2,(H,9,10)(H,11,12). The number of aliphatic carboxylic acids is 1. The number of carbonyl (C=O) groups excluding carboxylic acids is 1. The average Bonchev–Trinajstić information content (AvgIpc) is 1.97. The fourth-order valence-corrected chi connectivity index (χ4v) is 0.697. The third-order valence-electron chi connectivity index (χ3n) is 1.26. The van der Waals surface area contributed by atoms with Crippen LogP contribution >= 0.6 is 0 Å². The molecule has 0 aliphatic heterocycles. The molecule has 0 aromatic heterocycles. The summed E-state index contributed by atoms with van der Waals surface area (Å²) < 4.78 is 0. The number of hydrogen-bond donors (Lipinski definition) is 3. The van der Waals surface area contributed by atoms with Crippen molar-refractivity contribution in [3.05, 3.63) is 0 Å². The topological polar surface area (TPSA) is 92.4 Å². The summed E-state index contributed by atoms with van der Waals surface area (Å²) in [6.45, 7) is 1.10. The Labute approximate surface area is 70.9 Å². The molecule has 0 fully saturated rings. The van der Waals surface area contributed by atoms with Crippen molar-refractivity contribution >= 4 is 11.9 Å². The van der Waals surface area contributed by atoms with E-state index in [-0.39, 0.29) is 0 Å². The van der Waals surface area contributed by atoms with Crippen LogP contribution in [0.1, 0.15) is 19.3 Å². The molecule has 70 valence electrons. The average molecular weight is 174 g/mol. The molecule has 0 unspecified atom stereocenters. The van der Waals surface area contributed by atoms with E-state index in [1.54, 1.807) is 0 Å². The number of rotatable bonds is 6. The number of carbonyl (C=O) groups is 2. The van der Waals surface area contributed by atoms with Crippen molar-refractivity contribution in [3.63, 3.8) is 0 Å². The van der Waals surface area contributed by atoms with Crippen LogP contribution in [0.2, 0.25) is 0 Å². The van der Waals surface area contributed by atoms with Crippen LogP contribution in [0.4, 0.5) is 0 Å². The fourth-order valence-electron chi connectivity index (χ4n) is 0.697. The molecule has 0 aromatic rings. The Kier molecular flexibility index (Phi) is 6.00. The number of nitrogens with two attached hydrogens (primary N) is 1. The SMILES string of the molecule is NCCCCNC(=O)CC(=O)O. The van der Waals surface area contributed by atoms with Crippen LogP contribution in [0.15, 0.2) is 0 Å². The molecule has 4 N–H and O–H groups in total. The first-order valence-corrected chi connectivity index (χ1v) is 3.85. The zero-order chi connectivity index (χ0) is 9.40. The Morgan fingerprint density at radius 1 is 1.33 bits per heavy atom. The first-order valence-electron chi connectivity index (χ1n) is 3.85. The summed E-state index contributed by atoms with van der Waals surface area (Å²) >= 11 is 0. The highest BCUT2D eigenvalue weighted by Crippen LogP contribution is 1.84. The Bertz CT molecular complexity index is 159. The summed E-state index contributed by atoms with van der Waals surface area (Å²) in [5, 5.41) is 10.7. The van der Waals surface area contributed by atoms with Crippen molar-refractivity contribution in [1.82, 2.24) is 5.32 Å². The molecular formula is C7H14N2O3. The second-order valence-electron chi connectivity index (χ2n) is 2.42. The molecular weight excluding hydrogens is 160 g/mol. The molecule has 0 aromatic carbocycles. The van der Waals surface area contributed by atoms with Crippen LogP contribution in [-0.4, -0.2) is 30.1 Å². The second kappa shape index (κ2) is 6.60. The number of carboxylic acids is 1. The lowest BCUT2D eigenvalue weighted by Crippen LogP contribution is -2.26. The Balaban J connectivity index is 3.26. The second-order valence-corrected chi connectivity index (χ2v) is 2.42. The molecule has 5 heteroatoms. The highest BCUT2D eigenvalue weighted by atomic mass is 16.4. The lowest BCUT2D eigenvalue weighted by molar-refractivity contribution is -0.140. The molecule has 0 atom stereocenters. The summed E-state index contributed by atoms with van der Waals surface area (Å²) in [6, 6.07) is 0. The van der Waals surface area contributed by atoms with Crippen molar-refractivity contribution in [3.8, 4) is 0 Å². The van der Waals surface area contributed by atoms with Crippen molar-refractivity contribution < 1.29 is 14.7 Å². The third-order valence-corrected chi connectivity index (χ3v) is 1.26. The first-order chi connectivity index (χ1) is 5.66. The number of amides is 1. The Morgan fingerprint density at radius 2 is 2.00 bits per heavy atom. The van der Waals surface area contributed by atoms with Gasteiger partial charge in [-0.3, -0.25) is 9.59 Å². The molecule has 0 saturated heterocycles. The smallest absolute Gasteiger partial charge is 0.312 e. The molecule has 12 heavy (non-hydrogen) atoms. The minimum absolute atomic E-state index is 0.445. The van der Waals surface area contributed by atoms with Crippen molar-refractivity contribution in [2.75, 3.05) is 13.1 Å². The van der Waals surface area contributed by atoms with Crippen LogP contribution in [0.5, 0.6) is 0 Å². The predicted molar refractivity (Wildman–Crippen MR) is 43.6 cm³/mol. The van der Waals surface area contributed by atoms with E-state index < -0.39 is 18.3 Å². The summed E-state index contributed by atoms with van der Waals surface area (Å²) in [5.74, 6) is -1.55. The highest BCUT2D eigenvalue weighted by molar-refractivity contribution is 5.93. The van der Waals surface area contributed by atoms with Crippen LogP contribution in [0.25, 0.3) is 0 Å². The van der Waals surface area contributed by atoms with Crippen LogP contribution in [0, 0.1) is 0 Å². The van der Waals surface area contributed by atoms with Gasteiger partial charge >= 0.3 is 5.97 Å². The Morgan fingerprint density at radius 3 is 2.50 bits per heavy atom. The molecule has 0 radical (unpaired) electrons. The van der Waals surface area contributed by atoms with E-state index in [9.17, 15) is 9.59 Å². The Hall–Kier alpha value is -1.10. The van der Waals surface area contributed by atoms with Crippen LogP contribution < -0.4 is 11.1 Å². The molecule has 5 nitrogen and oxygen atoms in total. The van der Waals surface area contributed by atoms with Crippen molar-refractivity contribution in [2.24, 2.45) is 5.73 Å². The quantitative estimate of drug-likeness (QED) is 0.367. The number of hydrogen-bond acceptors (Lipinski definition) is 3. The van der Waals surface area contributed by atoms with Crippen LogP contribution in [-0.2, 0) is 9.59 Å². The van der Waals surface area contributed by atoms with E-state index in [4.69, 9.17) is 10.8 Å².